The predicted octanol–water partition coefficient (Wildman–Crippen LogP) is 5.43. The molecule has 4 aromatic rings. The van der Waals surface area contributed by atoms with Crippen LogP contribution in [0.4, 0.5) is 16.0 Å². The van der Waals surface area contributed by atoms with Crippen molar-refractivity contribution in [3.8, 4) is 17.7 Å². The lowest BCUT2D eigenvalue weighted by Crippen LogP contribution is -2.01. The Morgan fingerprint density at radius 2 is 1.76 bits per heavy atom. The standard InChI is InChI=1S/C22H18FN5O/c1-12-8-13(2)20(14(3)9-12)29-21-19-18(17(23)11-25-19)27-22(28-21)26-16-6-4-15(10-24)5-7-16/h4-9,11,25H,1-3H3,(H,26,27,28). The van der Waals surface area contributed by atoms with Crippen LogP contribution in [-0.4, -0.2) is 15.0 Å². The molecule has 0 bridgehead atoms. The molecule has 0 saturated carbocycles. The molecule has 2 aromatic carbocycles. The Hall–Kier alpha value is -3.92. The highest BCUT2D eigenvalue weighted by Gasteiger charge is 2.17. The number of fused-ring (bicyclic) bond motifs is 1. The predicted molar refractivity (Wildman–Crippen MR) is 109 cm³/mol. The molecule has 0 unspecified atom stereocenters. The van der Waals surface area contributed by atoms with E-state index in [4.69, 9.17) is 10.00 Å². The third-order valence-corrected chi connectivity index (χ3v) is 4.52. The lowest BCUT2D eigenvalue weighted by Gasteiger charge is -2.14. The van der Waals surface area contributed by atoms with Gasteiger partial charge < -0.3 is 15.0 Å². The zero-order chi connectivity index (χ0) is 20.5. The number of aryl methyl sites for hydroxylation is 3. The Morgan fingerprint density at radius 3 is 2.41 bits per heavy atom. The van der Waals surface area contributed by atoms with E-state index in [0.717, 1.165) is 16.7 Å². The number of H-pyrrole nitrogens is 1. The topological polar surface area (TPSA) is 86.6 Å². The lowest BCUT2D eigenvalue weighted by molar-refractivity contribution is 0.460. The summed E-state index contributed by atoms with van der Waals surface area (Å²) in [4.78, 5) is 11.5. The molecule has 4 rings (SSSR count). The van der Waals surface area contributed by atoms with E-state index in [2.05, 4.69) is 26.3 Å². The third kappa shape index (κ3) is 3.60. The van der Waals surface area contributed by atoms with Gasteiger partial charge in [0, 0.05) is 11.9 Å². The second kappa shape index (κ2) is 7.24. The summed E-state index contributed by atoms with van der Waals surface area (Å²) in [6.07, 6.45) is 1.23. The summed E-state index contributed by atoms with van der Waals surface area (Å²) >= 11 is 0. The molecule has 0 spiro atoms. The highest BCUT2D eigenvalue weighted by Crippen LogP contribution is 2.33. The molecule has 0 amide bonds. The molecule has 6 nitrogen and oxygen atoms in total. The summed E-state index contributed by atoms with van der Waals surface area (Å²) in [6.45, 7) is 5.93. The number of hydrogen-bond donors (Lipinski definition) is 2. The maximum atomic E-state index is 14.3. The summed E-state index contributed by atoms with van der Waals surface area (Å²) in [7, 11) is 0. The second-order valence-corrected chi connectivity index (χ2v) is 6.86. The monoisotopic (exact) mass is 387 g/mol. The van der Waals surface area contributed by atoms with Gasteiger partial charge in [0.1, 0.15) is 16.8 Å². The number of aromatic amines is 1. The number of nitriles is 1. The molecular formula is C22H18FN5O. The van der Waals surface area contributed by atoms with Gasteiger partial charge in [-0.25, -0.2) is 9.37 Å². The van der Waals surface area contributed by atoms with E-state index >= 15 is 0 Å². The van der Waals surface area contributed by atoms with Crippen LogP contribution >= 0.6 is 0 Å². The number of halogens is 1. The molecule has 2 heterocycles. The maximum absolute atomic E-state index is 14.3. The number of hydrogen-bond acceptors (Lipinski definition) is 5. The lowest BCUT2D eigenvalue weighted by atomic mass is 10.1. The van der Waals surface area contributed by atoms with Crippen LogP contribution in [0.15, 0.2) is 42.6 Å². The normalized spacial score (nSPS) is 10.7. The fraction of sp³-hybridized carbons (Fsp3) is 0.136. The van der Waals surface area contributed by atoms with Crippen LogP contribution in [0.2, 0.25) is 0 Å². The summed E-state index contributed by atoms with van der Waals surface area (Å²) in [6, 6.07) is 12.9. The van der Waals surface area contributed by atoms with Crippen LogP contribution in [0.1, 0.15) is 22.3 Å². The number of ether oxygens (including phenoxy) is 1. The zero-order valence-corrected chi connectivity index (χ0v) is 16.2. The van der Waals surface area contributed by atoms with Crippen LogP contribution in [0.25, 0.3) is 11.0 Å². The number of nitrogens with one attached hydrogen (secondary N) is 2. The quantitative estimate of drug-likeness (QED) is 0.488. The minimum absolute atomic E-state index is 0.133. The van der Waals surface area contributed by atoms with Crippen molar-refractivity contribution in [2.45, 2.75) is 20.8 Å². The van der Waals surface area contributed by atoms with E-state index < -0.39 is 5.82 Å². The van der Waals surface area contributed by atoms with E-state index in [1.165, 1.54) is 6.20 Å². The molecule has 0 atom stereocenters. The van der Waals surface area contributed by atoms with Crippen molar-refractivity contribution in [3.05, 3.63) is 70.7 Å². The highest BCUT2D eigenvalue weighted by molar-refractivity contribution is 5.82. The molecule has 0 aliphatic heterocycles. The van der Waals surface area contributed by atoms with Crippen LogP contribution in [-0.2, 0) is 0 Å². The van der Waals surface area contributed by atoms with Crippen LogP contribution in [0.3, 0.4) is 0 Å². The van der Waals surface area contributed by atoms with Crippen molar-refractivity contribution in [2.75, 3.05) is 5.32 Å². The van der Waals surface area contributed by atoms with Gasteiger partial charge in [0.15, 0.2) is 5.82 Å². The van der Waals surface area contributed by atoms with Crippen molar-refractivity contribution in [3.63, 3.8) is 0 Å². The van der Waals surface area contributed by atoms with Crippen molar-refractivity contribution >= 4 is 22.7 Å². The van der Waals surface area contributed by atoms with Gasteiger partial charge in [0.25, 0.3) is 0 Å². The fourth-order valence-corrected chi connectivity index (χ4v) is 3.26. The van der Waals surface area contributed by atoms with Gasteiger partial charge >= 0.3 is 0 Å². The third-order valence-electron chi connectivity index (χ3n) is 4.52. The van der Waals surface area contributed by atoms with Gasteiger partial charge in [-0.05, 0) is 56.2 Å². The summed E-state index contributed by atoms with van der Waals surface area (Å²) in [5.74, 6) is 0.602. The maximum Gasteiger partial charge on any atom is 0.248 e. The summed E-state index contributed by atoms with van der Waals surface area (Å²) in [5, 5.41) is 12.0. The minimum Gasteiger partial charge on any atom is -0.436 e. The molecule has 7 heteroatoms. The molecule has 0 fully saturated rings. The molecule has 0 aliphatic rings. The van der Waals surface area contributed by atoms with Gasteiger partial charge in [-0.3, -0.25) is 0 Å². The van der Waals surface area contributed by atoms with Gasteiger partial charge in [-0.2, -0.15) is 10.2 Å². The number of benzene rings is 2. The largest absolute Gasteiger partial charge is 0.436 e. The first-order chi connectivity index (χ1) is 13.9. The van der Waals surface area contributed by atoms with Gasteiger partial charge in [-0.1, -0.05) is 17.7 Å². The average molecular weight is 387 g/mol. The van der Waals surface area contributed by atoms with E-state index in [0.29, 0.717) is 22.5 Å². The van der Waals surface area contributed by atoms with E-state index in [1.54, 1.807) is 24.3 Å². The highest BCUT2D eigenvalue weighted by atomic mass is 19.1. The average Bonchev–Trinajstić information content (AvgIpc) is 3.06. The Labute approximate surface area is 167 Å². The molecule has 2 N–H and O–H groups in total. The molecule has 29 heavy (non-hydrogen) atoms. The first-order valence-corrected chi connectivity index (χ1v) is 9.02. The molecule has 0 aliphatic carbocycles. The van der Waals surface area contributed by atoms with Gasteiger partial charge in [-0.15, -0.1) is 0 Å². The minimum atomic E-state index is -0.493. The zero-order valence-electron chi connectivity index (χ0n) is 16.2. The van der Waals surface area contributed by atoms with E-state index in [1.807, 2.05) is 32.9 Å². The number of aromatic nitrogens is 3. The number of rotatable bonds is 4. The van der Waals surface area contributed by atoms with Crippen molar-refractivity contribution in [1.82, 2.24) is 15.0 Å². The van der Waals surface area contributed by atoms with Crippen LogP contribution in [0, 0.1) is 37.9 Å². The second-order valence-electron chi connectivity index (χ2n) is 6.86. The first kappa shape index (κ1) is 18.4. The van der Waals surface area contributed by atoms with Crippen molar-refractivity contribution < 1.29 is 9.13 Å². The number of anilines is 2. The molecule has 0 saturated heterocycles. The van der Waals surface area contributed by atoms with Crippen LogP contribution < -0.4 is 10.1 Å². The molecule has 2 aromatic heterocycles. The van der Waals surface area contributed by atoms with Crippen molar-refractivity contribution in [1.29, 1.82) is 5.26 Å². The van der Waals surface area contributed by atoms with Gasteiger partial charge in [0.2, 0.25) is 11.8 Å². The fourth-order valence-electron chi connectivity index (χ4n) is 3.26. The number of nitrogens with zero attached hydrogens (tertiary/aromatic N) is 3. The Morgan fingerprint density at radius 1 is 1.07 bits per heavy atom. The Kier molecular flexibility index (Phi) is 4.61. The Balaban J connectivity index is 1.76. The molecule has 144 valence electrons. The SMILES string of the molecule is Cc1cc(C)c(Oc2nc(Nc3ccc(C#N)cc3)nc3c(F)c[nH]c23)c(C)c1. The molecular weight excluding hydrogens is 369 g/mol. The van der Waals surface area contributed by atoms with E-state index in [9.17, 15) is 4.39 Å². The Bertz CT molecular complexity index is 1230. The van der Waals surface area contributed by atoms with Crippen molar-refractivity contribution in [2.24, 2.45) is 0 Å². The molecule has 0 radical (unpaired) electrons. The van der Waals surface area contributed by atoms with E-state index in [-0.39, 0.29) is 17.3 Å². The van der Waals surface area contributed by atoms with Gasteiger partial charge in [0.05, 0.1) is 11.6 Å². The smallest absolute Gasteiger partial charge is 0.248 e. The van der Waals surface area contributed by atoms with Crippen LogP contribution in [0.5, 0.6) is 11.6 Å². The first-order valence-electron chi connectivity index (χ1n) is 9.02. The summed E-state index contributed by atoms with van der Waals surface area (Å²) < 4.78 is 20.4. The summed E-state index contributed by atoms with van der Waals surface area (Å²) in [5.41, 5.74) is 4.78.